The van der Waals surface area contributed by atoms with E-state index in [0.717, 1.165) is 11.6 Å². The summed E-state index contributed by atoms with van der Waals surface area (Å²) in [4.78, 5) is 16.2. The first-order valence-electron chi connectivity index (χ1n) is 6.97. The van der Waals surface area contributed by atoms with Crippen molar-refractivity contribution in [2.75, 3.05) is 5.75 Å². The number of imidazole rings is 1. The van der Waals surface area contributed by atoms with Gasteiger partial charge in [0.1, 0.15) is 0 Å². The first-order valence-corrected chi connectivity index (χ1v) is 7.96. The third kappa shape index (κ3) is 3.75. The molecule has 0 radical (unpaired) electrons. The normalized spacial score (nSPS) is 27.2. The maximum atomic E-state index is 12.0. The van der Waals surface area contributed by atoms with Crippen LogP contribution in [0.25, 0.3) is 0 Å². The Balaban J connectivity index is 1.79. The van der Waals surface area contributed by atoms with E-state index in [4.69, 9.17) is 0 Å². The molecule has 0 aromatic carbocycles. The van der Waals surface area contributed by atoms with Gasteiger partial charge in [-0.05, 0) is 18.3 Å². The van der Waals surface area contributed by atoms with Crippen molar-refractivity contribution in [1.82, 2.24) is 14.9 Å². The third-order valence-electron chi connectivity index (χ3n) is 4.16. The lowest BCUT2D eigenvalue weighted by atomic mass is 9.78. The Morgan fingerprint density at radius 2 is 2.32 bits per heavy atom. The van der Waals surface area contributed by atoms with Gasteiger partial charge in [-0.1, -0.05) is 38.5 Å². The van der Waals surface area contributed by atoms with Gasteiger partial charge in [0.05, 0.1) is 5.75 Å². The van der Waals surface area contributed by atoms with Gasteiger partial charge in [-0.25, -0.2) is 4.98 Å². The number of carbonyl (C=O) groups excluding carboxylic acids is 1. The molecule has 1 aromatic rings. The number of amides is 1. The van der Waals surface area contributed by atoms with Crippen molar-refractivity contribution in [2.45, 2.75) is 44.3 Å². The molecule has 1 aromatic heterocycles. The molecule has 1 heterocycles. The van der Waals surface area contributed by atoms with E-state index in [1.807, 2.05) is 17.8 Å². The Bertz CT molecular complexity index is 432. The molecule has 2 rings (SSSR count). The van der Waals surface area contributed by atoms with Gasteiger partial charge in [0.2, 0.25) is 5.91 Å². The lowest BCUT2D eigenvalue weighted by Crippen LogP contribution is -2.44. The van der Waals surface area contributed by atoms with Gasteiger partial charge in [-0.15, -0.1) is 0 Å². The predicted molar refractivity (Wildman–Crippen MR) is 78.0 cm³/mol. The van der Waals surface area contributed by atoms with Gasteiger partial charge in [-0.2, -0.15) is 0 Å². The highest BCUT2D eigenvalue weighted by Gasteiger charge is 2.28. The smallest absolute Gasteiger partial charge is 0.230 e. The van der Waals surface area contributed by atoms with E-state index in [1.165, 1.54) is 24.6 Å². The summed E-state index contributed by atoms with van der Waals surface area (Å²) in [5.74, 6) is 1.86. The zero-order valence-corrected chi connectivity index (χ0v) is 12.7. The van der Waals surface area contributed by atoms with E-state index in [9.17, 15) is 4.79 Å². The summed E-state index contributed by atoms with van der Waals surface area (Å²) in [7, 11) is 1.94. The van der Waals surface area contributed by atoms with E-state index in [2.05, 4.69) is 24.1 Å². The van der Waals surface area contributed by atoms with Crippen LogP contribution in [0.3, 0.4) is 0 Å². The minimum absolute atomic E-state index is 0.124. The second-order valence-corrected chi connectivity index (χ2v) is 6.49. The average Bonchev–Trinajstić information content (AvgIpc) is 2.78. The minimum Gasteiger partial charge on any atom is -0.352 e. The average molecular weight is 281 g/mol. The fraction of sp³-hybridized carbons (Fsp3) is 0.714. The van der Waals surface area contributed by atoms with Gasteiger partial charge >= 0.3 is 0 Å². The summed E-state index contributed by atoms with van der Waals surface area (Å²) in [6, 6.07) is 0.346. The van der Waals surface area contributed by atoms with E-state index in [1.54, 1.807) is 6.20 Å². The van der Waals surface area contributed by atoms with Gasteiger partial charge in [-0.3, -0.25) is 4.79 Å². The summed E-state index contributed by atoms with van der Waals surface area (Å²) in [5, 5.41) is 4.07. The molecule has 1 amide bonds. The van der Waals surface area contributed by atoms with Crippen molar-refractivity contribution in [2.24, 2.45) is 18.9 Å². The Hall–Kier alpha value is -0.970. The van der Waals surface area contributed by atoms with Gasteiger partial charge in [0.25, 0.3) is 0 Å². The standard InChI is InChI=1S/C14H23N3OS/c1-10-5-4-6-12(11(10)2)16-13(18)9-19-14-15-7-8-17(14)3/h7-8,10-12H,4-6,9H2,1-3H3,(H,16,18). The number of carbonyl (C=O) groups is 1. The summed E-state index contributed by atoms with van der Waals surface area (Å²) in [6.07, 6.45) is 7.28. The van der Waals surface area contributed by atoms with Gasteiger partial charge < -0.3 is 9.88 Å². The molecule has 1 fully saturated rings. The van der Waals surface area contributed by atoms with Gasteiger partial charge in [0.15, 0.2) is 5.16 Å². The fourth-order valence-electron chi connectivity index (χ4n) is 2.66. The molecular formula is C14H23N3OS. The minimum atomic E-state index is 0.124. The third-order valence-corrected chi connectivity index (χ3v) is 5.22. The van der Waals surface area contributed by atoms with E-state index in [-0.39, 0.29) is 5.91 Å². The van der Waals surface area contributed by atoms with Crippen LogP contribution in [0.1, 0.15) is 33.1 Å². The van der Waals surface area contributed by atoms with Crippen LogP contribution in [0.2, 0.25) is 0 Å². The van der Waals surface area contributed by atoms with E-state index in [0.29, 0.717) is 23.6 Å². The molecule has 3 unspecified atom stereocenters. The fourth-order valence-corrected chi connectivity index (χ4v) is 3.40. The zero-order valence-electron chi connectivity index (χ0n) is 11.9. The number of aryl methyl sites for hydroxylation is 1. The van der Waals surface area contributed by atoms with Crippen molar-refractivity contribution >= 4 is 17.7 Å². The predicted octanol–water partition coefficient (Wildman–Crippen LogP) is 2.45. The molecule has 4 nitrogen and oxygen atoms in total. The van der Waals surface area contributed by atoms with Gasteiger partial charge in [0, 0.05) is 25.5 Å². The molecule has 19 heavy (non-hydrogen) atoms. The van der Waals surface area contributed by atoms with Crippen LogP contribution in [0.4, 0.5) is 0 Å². The highest BCUT2D eigenvalue weighted by atomic mass is 32.2. The van der Waals surface area contributed by atoms with Crippen LogP contribution in [-0.4, -0.2) is 27.3 Å². The second kappa shape index (κ2) is 6.46. The van der Waals surface area contributed by atoms with Crippen molar-refractivity contribution < 1.29 is 4.79 Å². The number of nitrogens with one attached hydrogen (secondary N) is 1. The number of rotatable bonds is 4. The van der Waals surface area contributed by atoms with Crippen LogP contribution in [0.5, 0.6) is 0 Å². The first kappa shape index (κ1) is 14.4. The van der Waals surface area contributed by atoms with Crippen molar-refractivity contribution in [3.05, 3.63) is 12.4 Å². The summed E-state index contributed by atoms with van der Waals surface area (Å²) in [6.45, 7) is 4.53. The topological polar surface area (TPSA) is 46.9 Å². The molecule has 3 atom stereocenters. The number of aromatic nitrogens is 2. The van der Waals surface area contributed by atoms with Crippen LogP contribution in [0, 0.1) is 11.8 Å². The summed E-state index contributed by atoms with van der Waals surface area (Å²) in [5.41, 5.74) is 0. The maximum absolute atomic E-state index is 12.0. The van der Waals surface area contributed by atoms with Crippen LogP contribution in [-0.2, 0) is 11.8 Å². The van der Waals surface area contributed by atoms with E-state index >= 15 is 0 Å². The lowest BCUT2D eigenvalue weighted by Gasteiger charge is -2.34. The van der Waals surface area contributed by atoms with Crippen LogP contribution < -0.4 is 5.32 Å². The Morgan fingerprint density at radius 1 is 1.53 bits per heavy atom. The molecule has 0 saturated heterocycles. The molecule has 0 spiro atoms. The molecule has 5 heteroatoms. The van der Waals surface area contributed by atoms with Crippen LogP contribution >= 0.6 is 11.8 Å². The first-order chi connectivity index (χ1) is 9.08. The number of hydrogen-bond donors (Lipinski definition) is 1. The monoisotopic (exact) mass is 281 g/mol. The maximum Gasteiger partial charge on any atom is 0.230 e. The van der Waals surface area contributed by atoms with Crippen molar-refractivity contribution in [1.29, 1.82) is 0 Å². The summed E-state index contributed by atoms with van der Waals surface area (Å²) >= 11 is 1.49. The highest BCUT2D eigenvalue weighted by molar-refractivity contribution is 7.99. The molecule has 1 saturated carbocycles. The molecule has 1 N–H and O–H groups in total. The SMILES string of the molecule is CC1CCCC(NC(=O)CSc2nccn2C)C1C. The summed E-state index contributed by atoms with van der Waals surface area (Å²) < 4.78 is 1.93. The molecule has 1 aliphatic rings. The highest BCUT2D eigenvalue weighted by Crippen LogP contribution is 2.29. The molecule has 1 aliphatic carbocycles. The molecule has 0 aliphatic heterocycles. The van der Waals surface area contributed by atoms with Crippen LogP contribution in [0.15, 0.2) is 17.6 Å². The Morgan fingerprint density at radius 3 is 3.00 bits per heavy atom. The molecule has 106 valence electrons. The Kier molecular flexibility index (Phi) is 4.91. The Labute approximate surface area is 119 Å². The lowest BCUT2D eigenvalue weighted by molar-refractivity contribution is -0.120. The zero-order chi connectivity index (χ0) is 13.8. The number of thioether (sulfide) groups is 1. The molecular weight excluding hydrogens is 258 g/mol. The van der Waals surface area contributed by atoms with Crippen molar-refractivity contribution in [3.63, 3.8) is 0 Å². The largest absolute Gasteiger partial charge is 0.352 e. The second-order valence-electron chi connectivity index (χ2n) is 5.55. The molecule has 0 bridgehead atoms. The number of nitrogens with zero attached hydrogens (tertiary/aromatic N) is 2. The quantitative estimate of drug-likeness (QED) is 0.862. The number of hydrogen-bond acceptors (Lipinski definition) is 3. The van der Waals surface area contributed by atoms with Crippen molar-refractivity contribution in [3.8, 4) is 0 Å². The van der Waals surface area contributed by atoms with E-state index < -0.39 is 0 Å².